The molecule has 0 saturated heterocycles. The fourth-order valence-electron chi connectivity index (χ4n) is 1.07. The molecule has 0 unspecified atom stereocenters. The summed E-state index contributed by atoms with van der Waals surface area (Å²) in [5.41, 5.74) is 2.07. The Morgan fingerprint density at radius 2 is 2.36 bits per heavy atom. The average Bonchev–Trinajstić information content (AvgIpc) is 2.14. The van der Waals surface area contributed by atoms with Gasteiger partial charge in [0.15, 0.2) is 0 Å². The summed E-state index contributed by atoms with van der Waals surface area (Å²) in [6.45, 7) is 4.10. The molecule has 76 valence electrons. The maximum atomic E-state index is 10.5. The van der Waals surface area contributed by atoms with E-state index in [1.165, 1.54) is 0 Å². The summed E-state index contributed by atoms with van der Waals surface area (Å²) >= 11 is 0. The highest BCUT2D eigenvalue weighted by atomic mass is 16.4. The van der Waals surface area contributed by atoms with Gasteiger partial charge in [0.25, 0.3) is 0 Å². The normalized spacial score (nSPS) is 12.4. The molecule has 0 aliphatic heterocycles. The molecule has 0 amide bonds. The van der Waals surface area contributed by atoms with Crippen LogP contribution in [0.3, 0.4) is 0 Å². The van der Waals surface area contributed by atoms with Crippen molar-refractivity contribution in [2.45, 2.75) is 26.4 Å². The van der Waals surface area contributed by atoms with Gasteiger partial charge in [-0.15, -0.1) is 0 Å². The zero-order chi connectivity index (χ0) is 10.6. The zero-order valence-electron chi connectivity index (χ0n) is 8.32. The number of carboxylic acids is 1. The van der Waals surface area contributed by atoms with Gasteiger partial charge in [-0.25, -0.2) is 0 Å². The summed E-state index contributed by atoms with van der Waals surface area (Å²) in [6.07, 6.45) is 3.50. The highest BCUT2D eigenvalue weighted by molar-refractivity contribution is 5.72. The second-order valence-corrected chi connectivity index (χ2v) is 3.31. The van der Waals surface area contributed by atoms with Crippen molar-refractivity contribution in [2.75, 3.05) is 0 Å². The molecule has 0 aromatic carbocycles. The van der Waals surface area contributed by atoms with Crippen molar-refractivity contribution in [1.82, 2.24) is 10.3 Å². The van der Waals surface area contributed by atoms with Crippen molar-refractivity contribution in [1.29, 1.82) is 0 Å². The largest absolute Gasteiger partial charge is 0.480 e. The van der Waals surface area contributed by atoms with Gasteiger partial charge in [0, 0.05) is 18.9 Å². The fourth-order valence-corrected chi connectivity index (χ4v) is 1.07. The van der Waals surface area contributed by atoms with Crippen LogP contribution in [0.25, 0.3) is 0 Å². The number of nitrogens with one attached hydrogen (secondary N) is 1. The molecule has 0 bridgehead atoms. The van der Waals surface area contributed by atoms with E-state index in [-0.39, 0.29) is 0 Å². The number of hydrogen-bond donors (Lipinski definition) is 2. The first kappa shape index (κ1) is 10.7. The van der Waals surface area contributed by atoms with Crippen LogP contribution in [-0.2, 0) is 11.3 Å². The van der Waals surface area contributed by atoms with E-state index in [9.17, 15) is 4.79 Å². The predicted octanol–water partition coefficient (Wildman–Crippen LogP) is 0.953. The number of nitrogens with zero attached hydrogens (tertiary/aromatic N) is 1. The first-order valence-electron chi connectivity index (χ1n) is 4.46. The van der Waals surface area contributed by atoms with E-state index in [4.69, 9.17) is 5.11 Å². The smallest absolute Gasteiger partial charge is 0.320 e. The quantitative estimate of drug-likeness (QED) is 0.749. The van der Waals surface area contributed by atoms with Crippen LogP contribution in [0.2, 0.25) is 0 Å². The van der Waals surface area contributed by atoms with Gasteiger partial charge >= 0.3 is 5.97 Å². The van der Waals surface area contributed by atoms with Crippen molar-refractivity contribution >= 4 is 5.97 Å². The molecular formula is C10H14N2O2. The van der Waals surface area contributed by atoms with Gasteiger partial charge in [-0.1, -0.05) is 6.07 Å². The van der Waals surface area contributed by atoms with Gasteiger partial charge in [0.2, 0.25) is 0 Å². The number of aromatic nitrogens is 1. The fraction of sp³-hybridized carbons (Fsp3) is 0.400. The SMILES string of the molecule is Cc1cncc(CN[C@H](C)C(=O)O)c1. The molecule has 14 heavy (non-hydrogen) atoms. The Labute approximate surface area is 83.0 Å². The number of hydrogen-bond acceptors (Lipinski definition) is 3. The molecular weight excluding hydrogens is 180 g/mol. The van der Waals surface area contributed by atoms with E-state index in [1.54, 1.807) is 19.3 Å². The molecule has 1 aromatic rings. The van der Waals surface area contributed by atoms with E-state index >= 15 is 0 Å². The van der Waals surface area contributed by atoms with Crippen molar-refractivity contribution in [3.05, 3.63) is 29.6 Å². The monoisotopic (exact) mass is 194 g/mol. The van der Waals surface area contributed by atoms with Crippen LogP contribution in [0.15, 0.2) is 18.5 Å². The lowest BCUT2D eigenvalue weighted by molar-refractivity contribution is -0.139. The topological polar surface area (TPSA) is 62.2 Å². The highest BCUT2D eigenvalue weighted by Crippen LogP contribution is 2.00. The highest BCUT2D eigenvalue weighted by Gasteiger charge is 2.08. The molecule has 1 rings (SSSR count). The molecule has 0 fully saturated rings. The Balaban J connectivity index is 2.49. The molecule has 1 heterocycles. The Morgan fingerprint density at radius 3 is 2.93 bits per heavy atom. The standard InChI is InChI=1S/C10H14N2O2/c1-7-3-9(5-11-4-7)6-12-8(2)10(13)14/h3-5,8,12H,6H2,1-2H3,(H,13,14)/t8-/m1/s1. The number of aliphatic carboxylic acids is 1. The first-order chi connectivity index (χ1) is 6.59. The Kier molecular flexibility index (Phi) is 3.59. The molecule has 2 N–H and O–H groups in total. The van der Waals surface area contributed by atoms with Crippen molar-refractivity contribution in [3.8, 4) is 0 Å². The molecule has 0 radical (unpaired) electrons. The van der Waals surface area contributed by atoms with Gasteiger partial charge in [-0.3, -0.25) is 9.78 Å². The third kappa shape index (κ3) is 3.14. The number of pyridine rings is 1. The van der Waals surface area contributed by atoms with E-state index < -0.39 is 12.0 Å². The predicted molar refractivity (Wildman–Crippen MR) is 52.9 cm³/mol. The summed E-state index contributed by atoms with van der Waals surface area (Å²) in [7, 11) is 0. The van der Waals surface area contributed by atoms with Crippen molar-refractivity contribution in [2.24, 2.45) is 0 Å². The minimum absolute atomic E-state index is 0.530. The lowest BCUT2D eigenvalue weighted by Crippen LogP contribution is -2.33. The number of aryl methyl sites for hydroxylation is 1. The first-order valence-corrected chi connectivity index (χ1v) is 4.46. The van der Waals surface area contributed by atoms with Gasteiger partial charge in [0.1, 0.15) is 6.04 Å². The minimum atomic E-state index is -0.842. The van der Waals surface area contributed by atoms with Gasteiger partial charge < -0.3 is 10.4 Å². The van der Waals surface area contributed by atoms with Gasteiger partial charge in [-0.2, -0.15) is 0 Å². The van der Waals surface area contributed by atoms with E-state index in [2.05, 4.69) is 10.3 Å². The van der Waals surface area contributed by atoms with Gasteiger partial charge in [0.05, 0.1) is 0 Å². The summed E-state index contributed by atoms with van der Waals surface area (Å²) in [5, 5.41) is 11.5. The van der Waals surface area contributed by atoms with Crippen molar-refractivity contribution < 1.29 is 9.90 Å². The maximum absolute atomic E-state index is 10.5. The van der Waals surface area contributed by atoms with Crippen LogP contribution >= 0.6 is 0 Å². The summed E-state index contributed by atoms with van der Waals surface area (Å²) in [4.78, 5) is 14.5. The van der Waals surface area contributed by atoms with Crippen LogP contribution in [0.5, 0.6) is 0 Å². The minimum Gasteiger partial charge on any atom is -0.480 e. The molecule has 0 aliphatic rings. The Bertz CT molecular complexity index is 326. The number of carboxylic acid groups (broad SMARTS) is 1. The van der Waals surface area contributed by atoms with Gasteiger partial charge in [-0.05, 0) is 25.0 Å². The molecule has 0 spiro atoms. The summed E-state index contributed by atoms with van der Waals surface area (Å²) in [6, 6.07) is 1.45. The van der Waals surface area contributed by atoms with Crippen LogP contribution < -0.4 is 5.32 Å². The van der Waals surface area contributed by atoms with Crippen LogP contribution in [0.1, 0.15) is 18.1 Å². The lowest BCUT2D eigenvalue weighted by atomic mass is 10.2. The summed E-state index contributed by atoms with van der Waals surface area (Å²) in [5.74, 6) is -0.842. The van der Waals surface area contributed by atoms with E-state index in [0.717, 1.165) is 11.1 Å². The number of carbonyl (C=O) groups is 1. The second kappa shape index (κ2) is 4.72. The molecule has 4 nitrogen and oxygen atoms in total. The van der Waals surface area contributed by atoms with E-state index in [1.807, 2.05) is 13.0 Å². The third-order valence-electron chi connectivity index (χ3n) is 1.91. The summed E-state index contributed by atoms with van der Waals surface area (Å²) < 4.78 is 0. The van der Waals surface area contributed by atoms with Crippen LogP contribution in [0, 0.1) is 6.92 Å². The maximum Gasteiger partial charge on any atom is 0.320 e. The molecule has 4 heteroatoms. The van der Waals surface area contributed by atoms with E-state index in [0.29, 0.717) is 6.54 Å². The number of rotatable bonds is 4. The van der Waals surface area contributed by atoms with Crippen LogP contribution in [-0.4, -0.2) is 22.1 Å². The molecule has 0 aliphatic carbocycles. The Hall–Kier alpha value is -1.42. The zero-order valence-corrected chi connectivity index (χ0v) is 8.32. The molecule has 0 saturated carbocycles. The molecule has 1 aromatic heterocycles. The third-order valence-corrected chi connectivity index (χ3v) is 1.91. The Morgan fingerprint density at radius 1 is 1.64 bits per heavy atom. The lowest BCUT2D eigenvalue weighted by Gasteiger charge is -2.08. The average molecular weight is 194 g/mol. The van der Waals surface area contributed by atoms with Crippen LogP contribution in [0.4, 0.5) is 0 Å². The van der Waals surface area contributed by atoms with Crippen molar-refractivity contribution in [3.63, 3.8) is 0 Å². The molecule has 1 atom stereocenters. The second-order valence-electron chi connectivity index (χ2n) is 3.31.